The second-order valence-electron chi connectivity index (χ2n) is 12.2. The SMILES string of the molecule is COC(=O)C(C)=CC=CC(C)=CC=CC(C)=CC=CC(C)=CC=CC=C(C)C=CC=C(C)C=CC1=C(C)CC(O)CC1(C)C. The quantitative estimate of drug-likeness (QED) is 0.131. The summed E-state index contributed by atoms with van der Waals surface area (Å²) in [5.41, 5.74) is 8.95. The maximum atomic E-state index is 11.4. The summed E-state index contributed by atoms with van der Waals surface area (Å²) >= 11 is 0. The summed E-state index contributed by atoms with van der Waals surface area (Å²) in [7, 11) is 1.38. The van der Waals surface area contributed by atoms with Gasteiger partial charge in [-0.3, -0.25) is 0 Å². The van der Waals surface area contributed by atoms with Crippen LogP contribution in [-0.4, -0.2) is 24.3 Å². The predicted octanol–water partition coefficient (Wildman–Crippen LogP) is 10.7. The lowest BCUT2D eigenvalue weighted by atomic mass is 9.71. The molecule has 1 rings (SSSR count). The first-order chi connectivity index (χ1) is 20.7. The molecule has 3 nitrogen and oxygen atoms in total. The van der Waals surface area contributed by atoms with Gasteiger partial charge in [-0.15, -0.1) is 0 Å². The van der Waals surface area contributed by atoms with E-state index < -0.39 is 0 Å². The lowest BCUT2D eigenvalue weighted by molar-refractivity contribution is -0.136. The first-order valence-electron chi connectivity index (χ1n) is 15.3. The van der Waals surface area contributed by atoms with Gasteiger partial charge in [-0.2, -0.15) is 0 Å². The summed E-state index contributed by atoms with van der Waals surface area (Å²) < 4.78 is 4.69. The van der Waals surface area contributed by atoms with Crippen molar-refractivity contribution in [3.63, 3.8) is 0 Å². The Hall–Kier alpha value is -3.95. The van der Waals surface area contributed by atoms with Crippen molar-refractivity contribution in [2.75, 3.05) is 7.11 Å². The van der Waals surface area contributed by atoms with Crippen molar-refractivity contribution in [2.24, 2.45) is 5.41 Å². The molecule has 236 valence electrons. The first-order valence-corrected chi connectivity index (χ1v) is 15.3. The van der Waals surface area contributed by atoms with Gasteiger partial charge in [0.15, 0.2) is 0 Å². The van der Waals surface area contributed by atoms with Gasteiger partial charge >= 0.3 is 5.97 Å². The standard InChI is InChI=1S/C41H54O3/c1-31(19-13-21-33(3)22-14-23-34(4)25-16-26-36(6)40(43)44-10)17-11-12-18-32(2)20-15-24-35(5)27-28-39-37(7)29-38(42)30-41(39,8)9/h11-28,38,42H,29-30H2,1-10H3. The average molecular weight is 595 g/mol. The Labute approximate surface area is 267 Å². The zero-order valence-corrected chi connectivity index (χ0v) is 28.6. The van der Waals surface area contributed by atoms with Crippen LogP contribution in [0.25, 0.3) is 0 Å². The van der Waals surface area contributed by atoms with Crippen LogP contribution in [0.5, 0.6) is 0 Å². The van der Waals surface area contributed by atoms with Gasteiger partial charge in [0.1, 0.15) is 0 Å². The van der Waals surface area contributed by atoms with E-state index in [1.165, 1.54) is 35.0 Å². The summed E-state index contributed by atoms with van der Waals surface area (Å²) in [4.78, 5) is 11.4. The molecule has 1 aliphatic rings. The Balaban J connectivity index is 2.63. The van der Waals surface area contributed by atoms with Gasteiger partial charge in [0.2, 0.25) is 0 Å². The number of hydrogen-bond donors (Lipinski definition) is 1. The molecule has 1 aliphatic carbocycles. The van der Waals surface area contributed by atoms with Crippen LogP contribution in [-0.2, 0) is 9.53 Å². The number of methoxy groups -OCH3 is 1. The number of allylic oxidation sites excluding steroid dienone is 24. The predicted molar refractivity (Wildman–Crippen MR) is 191 cm³/mol. The zero-order valence-electron chi connectivity index (χ0n) is 28.6. The van der Waals surface area contributed by atoms with Crippen molar-refractivity contribution in [1.29, 1.82) is 0 Å². The highest BCUT2D eigenvalue weighted by Crippen LogP contribution is 2.41. The second-order valence-corrected chi connectivity index (χ2v) is 12.2. The number of carbonyl (C=O) groups is 1. The molecule has 0 fully saturated rings. The number of aliphatic hydroxyl groups excluding tert-OH is 1. The zero-order chi connectivity index (χ0) is 33.1. The largest absolute Gasteiger partial charge is 0.466 e. The number of aliphatic hydroxyl groups is 1. The number of ether oxygens (including phenoxy) is 1. The summed E-state index contributed by atoms with van der Waals surface area (Å²) in [5, 5.41) is 10.1. The van der Waals surface area contributed by atoms with E-state index in [2.05, 4.69) is 132 Å². The lowest BCUT2D eigenvalue weighted by Crippen LogP contribution is -2.28. The summed E-state index contributed by atoms with van der Waals surface area (Å²) in [6.07, 6.45) is 38.2. The number of carbonyl (C=O) groups excluding carboxylic acids is 1. The minimum Gasteiger partial charge on any atom is -0.466 e. The average Bonchev–Trinajstić information content (AvgIpc) is 2.93. The van der Waals surface area contributed by atoms with E-state index in [0.717, 1.165) is 24.0 Å². The molecular formula is C41H54O3. The van der Waals surface area contributed by atoms with Gasteiger partial charge in [0.05, 0.1) is 13.2 Å². The molecule has 1 unspecified atom stereocenters. The highest BCUT2D eigenvalue weighted by atomic mass is 16.5. The third kappa shape index (κ3) is 16.0. The van der Waals surface area contributed by atoms with E-state index in [1.807, 2.05) is 31.2 Å². The van der Waals surface area contributed by atoms with Gasteiger partial charge in [-0.25, -0.2) is 4.79 Å². The molecule has 0 amide bonds. The monoisotopic (exact) mass is 594 g/mol. The van der Waals surface area contributed by atoms with E-state index in [0.29, 0.717) is 5.57 Å². The van der Waals surface area contributed by atoms with Gasteiger partial charge in [0.25, 0.3) is 0 Å². The Morgan fingerprint density at radius 1 is 0.682 bits per heavy atom. The maximum Gasteiger partial charge on any atom is 0.333 e. The van der Waals surface area contributed by atoms with Crippen molar-refractivity contribution in [3.05, 3.63) is 154 Å². The second kappa shape index (κ2) is 20.1. The van der Waals surface area contributed by atoms with Gasteiger partial charge < -0.3 is 9.84 Å². The van der Waals surface area contributed by atoms with Crippen LogP contribution in [0, 0.1) is 5.41 Å². The van der Waals surface area contributed by atoms with Crippen LogP contribution in [0.3, 0.4) is 0 Å². The normalized spacial score (nSPS) is 20.2. The summed E-state index contributed by atoms with van der Waals surface area (Å²) in [6, 6.07) is 0. The van der Waals surface area contributed by atoms with E-state index in [1.54, 1.807) is 13.0 Å². The topological polar surface area (TPSA) is 46.5 Å². The van der Waals surface area contributed by atoms with Crippen molar-refractivity contribution in [1.82, 2.24) is 0 Å². The van der Waals surface area contributed by atoms with Crippen molar-refractivity contribution in [3.8, 4) is 0 Å². The van der Waals surface area contributed by atoms with E-state index in [9.17, 15) is 9.90 Å². The highest BCUT2D eigenvalue weighted by Gasteiger charge is 2.31. The molecular weight excluding hydrogens is 540 g/mol. The lowest BCUT2D eigenvalue weighted by Gasteiger charge is -2.35. The third-order valence-electron chi connectivity index (χ3n) is 7.19. The number of hydrogen-bond acceptors (Lipinski definition) is 3. The van der Waals surface area contributed by atoms with E-state index >= 15 is 0 Å². The summed E-state index contributed by atoms with van der Waals surface area (Å²) in [6.45, 7) is 18.7. The van der Waals surface area contributed by atoms with Gasteiger partial charge in [-0.1, -0.05) is 157 Å². The highest BCUT2D eigenvalue weighted by molar-refractivity contribution is 5.87. The van der Waals surface area contributed by atoms with Crippen LogP contribution >= 0.6 is 0 Å². The van der Waals surface area contributed by atoms with Gasteiger partial charge in [-0.05, 0) is 72.3 Å². The molecule has 0 saturated heterocycles. The molecule has 1 N–H and O–H groups in total. The van der Waals surface area contributed by atoms with Gasteiger partial charge in [0, 0.05) is 5.57 Å². The molecule has 3 heteroatoms. The van der Waals surface area contributed by atoms with Crippen molar-refractivity contribution >= 4 is 5.97 Å². The third-order valence-corrected chi connectivity index (χ3v) is 7.19. The molecule has 0 aromatic carbocycles. The summed E-state index contributed by atoms with van der Waals surface area (Å²) in [5.74, 6) is -0.319. The molecule has 0 aromatic heterocycles. The van der Waals surface area contributed by atoms with Crippen LogP contribution < -0.4 is 0 Å². The molecule has 1 atom stereocenters. The Morgan fingerprint density at radius 3 is 1.48 bits per heavy atom. The van der Waals surface area contributed by atoms with Crippen LogP contribution in [0.15, 0.2) is 154 Å². The maximum absolute atomic E-state index is 11.4. The fraction of sp³-hybridized carbons (Fsp3) is 0.341. The van der Waals surface area contributed by atoms with Crippen LogP contribution in [0.4, 0.5) is 0 Å². The molecule has 44 heavy (non-hydrogen) atoms. The molecule has 0 heterocycles. The van der Waals surface area contributed by atoms with E-state index in [4.69, 9.17) is 0 Å². The van der Waals surface area contributed by atoms with Crippen molar-refractivity contribution < 1.29 is 14.6 Å². The van der Waals surface area contributed by atoms with Crippen LogP contribution in [0.2, 0.25) is 0 Å². The first kappa shape index (κ1) is 38.1. The number of rotatable bonds is 13. The van der Waals surface area contributed by atoms with E-state index in [-0.39, 0.29) is 17.5 Å². The van der Waals surface area contributed by atoms with Crippen LogP contribution in [0.1, 0.15) is 75.2 Å². The molecule has 0 aromatic rings. The smallest absolute Gasteiger partial charge is 0.333 e. The fourth-order valence-electron chi connectivity index (χ4n) is 4.72. The Kier molecular flexibility index (Phi) is 17.4. The fourth-order valence-corrected chi connectivity index (χ4v) is 4.72. The molecule has 0 saturated carbocycles. The molecule has 0 spiro atoms. The molecule has 0 bridgehead atoms. The Morgan fingerprint density at radius 2 is 1.07 bits per heavy atom. The van der Waals surface area contributed by atoms with Crippen molar-refractivity contribution in [2.45, 2.75) is 81.3 Å². The minimum atomic E-state index is -0.319. The number of esters is 1. The molecule has 0 aliphatic heterocycles. The Bertz CT molecular complexity index is 1380. The molecule has 0 radical (unpaired) electrons. The minimum absolute atomic E-state index is 0.000998.